The molecule has 2 aromatic carbocycles. The van der Waals surface area contributed by atoms with Crippen LogP contribution in [-0.2, 0) is 9.59 Å². The second-order valence-electron chi connectivity index (χ2n) is 4.53. The van der Waals surface area contributed by atoms with E-state index in [0.29, 0.717) is 10.5 Å². The number of thioether (sulfide) groups is 1. The van der Waals surface area contributed by atoms with E-state index < -0.39 is 11.9 Å². The van der Waals surface area contributed by atoms with Crippen LogP contribution in [0.5, 0.6) is 0 Å². The number of benzene rings is 2. The van der Waals surface area contributed by atoms with Gasteiger partial charge in [0.05, 0.1) is 5.75 Å². The predicted molar refractivity (Wildman–Crippen MR) is 83.6 cm³/mol. The monoisotopic (exact) mass is 318 g/mol. The van der Waals surface area contributed by atoms with Crippen LogP contribution in [0.3, 0.4) is 0 Å². The maximum absolute atomic E-state index is 13.5. The molecule has 0 heterocycles. The van der Waals surface area contributed by atoms with E-state index in [-0.39, 0.29) is 17.5 Å². The van der Waals surface area contributed by atoms with Crippen molar-refractivity contribution in [1.29, 1.82) is 0 Å². The highest BCUT2D eigenvalue weighted by Gasteiger charge is 2.20. The van der Waals surface area contributed by atoms with Crippen LogP contribution in [-0.4, -0.2) is 17.6 Å². The van der Waals surface area contributed by atoms with Gasteiger partial charge in [-0.2, -0.15) is 0 Å². The van der Waals surface area contributed by atoms with Crippen LogP contribution in [0.2, 0.25) is 0 Å². The van der Waals surface area contributed by atoms with Gasteiger partial charge in [-0.1, -0.05) is 42.5 Å². The molecule has 0 aromatic heterocycles. The highest BCUT2D eigenvalue weighted by Crippen LogP contribution is 2.21. The lowest BCUT2D eigenvalue weighted by atomic mass is 10.1. The number of nitrogens with two attached hydrogens (primary N) is 1. The number of hydrogen-bond donors (Lipinski definition) is 2. The average molecular weight is 318 g/mol. The highest BCUT2D eigenvalue weighted by molar-refractivity contribution is 8.00. The molecule has 0 radical (unpaired) electrons. The Balaban J connectivity index is 1.98. The van der Waals surface area contributed by atoms with Crippen LogP contribution in [0.4, 0.5) is 4.39 Å². The molecule has 0 spiro atoms. The summed E-state index contributed by atoms with van der Waals surface area (Å²) in [4.78, 5) is 23.8. The fraction of sp³-hybridized carbons (Fsp3) is 0.125. The van der Waals surface area contributed by atoms with Crippen molar-refractivity contribution in [3.05, 3.63) is 66.0 Å². The third kappa shape index (κ3) is 4.33. The van der Waals surface area contributed by atoms with Gasteiger partial charge in [-0.15, -0.1) is 11.8 Å². The zero-order valence-corrected chi connectivity index (χ0v) is 12.5. The van der Waals surface area contributed by atoms with E-state index in [0.717, 1.165) is 11.8 Å². The van der Waals surface area contributed by atoms with Crippen molar-refractivity contribution in [1.82, 2.24) is 5.32 Å². The van der Waals surface area contributed by atoms with Gasteiger partial charge in [0.25, 0.3) is 0 Å². The van der Waals surface area contributed by atoms with Gasteiger partial charge >= 0.3 is 0 Å². The highest BCUT2D eigenvalue weighted by atomic mass is 32.2. The lowest BCUT2D eigenvalue weighted by Gasteiger charge is -2.15. The lowest BCUT2D eigenvalue weighted by Crippen LogP contribution is -2.38. The van der Waals surface area contributed by atoms with Crippen molar-refractivity contribution in [2.24, 2.45) is 5.73 Å². The number of carbonyl (C=O) groups is 2. The average Bonchev–Trinajstić information content (AvgIpc) is 2.52. The molecule has 0 saturated heterocycles. The molecule has 0 fully saturated rings. The first-order chi connectivity index (χ1) is 10.6. The van der Waals surface area contributed by atoms with Crippen molar-refractivity contribution >= 4 is 23.6 Å². The van der Waals surface area contributed by atoms with Gasteiger partial charge in [0, 0.05) is 4.90 Å². The maximum atomic E-state index is 13.5. The topological polar surface area (TPSA) is 72.2 Å². The van der Waals surface area contributed by atoms with Gasteiger partial charge < -0.3 is 11.1 Å². The second kappa shape index (κ2) is 7.61. The molecule has 1 unspecified atom stereocenters. The third-order valence-electron chi connectivity index (χ3n) is 2.92. The SMILES string of the molecule is NC(=O)C(NC(=O)CSc1ccccc1F)c1ccccc1. The Kier molecular flexibility index (Phi) is 5.55. The number of rotatable bonds is 6. The van der Waals surface area contributed by atoms with E-state index in [4.69, 9.17) is 5.73 Å². The Bertz CT molecular complexity index is 664. The minimum atomic E-state index is -0.894. The van der Waals surface area contributed by atoms with Gasteiger partial charge in [-0.05, 0) is 17.7 Å². The van der Waals surface area contributed by atoms with E-state index in [9.17, 15) is 14.0 Å². The smallest absolute Gasteiger partial charge is 0.244 e. The molecular weight excluding hydrogens is 303 g/mol. The van der Waals surface area contributed by atoms with Gasteiger partial charge in [-0.3, -0.25) is 9.59 Å². The molecule has 6 heteroatoms. The first kappa shape index (κ1) is 16.0. The second-order valence-corrected chi connectivity index (χ2v) is 5.55. The summed E-state index contributed by atoms with van der Waals surface area (Å²) in [5.74, 6) is -1.41. The molecule has 2 rings (SSSR count). The van der Waals surface area contributed by atoms with Crippen molar-refractivity contribution in [2.45, 2.75) is 10.9 Å². The number of amides is 2. The Morgan fingerprint density at radius 3 is 2.36 bits per heavy atom. The summed E-state index contributed by atoms with van der Waals surface area (Å²) in [5.41, 5.74) is 5.94. The van der Waals surface area contributed by atoms with E-state index in [1.54, 1.807) is 48.5 Å². The van der Waals surface area contributed by atoms with Crippen molar-refractivity contribution in [3.8, 4) is 0 Å². The Morgan fingerprint density at radius 1 is 1.09 bits per heavy atom. The summed E-state index contributed by atoms with van der Waals surface area (Å²) >= 11 is 1.06. The molecule has 1 atom stereocenters. The molecular formula is C16H15FN2O2S. The zero-order chi connectivity index (χ0) is 15.9. The molecule has 0 aliphatic rings. The minimum absolute atomic E-state index is 0.00243. The minimum Gasteiger partial charge on any atom is -0.368 e. The van der Waals surface area contributed by atoms with Crippen LogP contribution in [0, 0.1) is 5.82 Å². The van der Waals surface area contributed by atoms with Gasteiger partial charge in [0.15, 0.2) is 0 Å². The standard InChI is InChI=1S/C16H15FN2O2S/c17-12-8-4-5-9-13(12)22-10-14(20)19-15(16(18)21)11-6-2-1-3-7-11/h1-9,15H,10H2,(H2,18,21)(H,19,20). The van der Waals surface area contributed by atoms with Gasteiger partial charge in [-0.25, -0.2) is 4.39 Å². The number of halogens is 1. The third-order valence-corrected chi connectivity index (χ3v) is 3.97. The van der Waals surface area contributed by atoms with Crippen molar-refractivity contribution < 1.29 is 14.0 Å². The summed E-state index contributed by atoms with van der Waals surface area (Å²) in [6.45, 7) is 0. The van der Waals surface area contributed by atoms with Gasteiger partial charge in [0.1, 0.15) is 11.9 Å². The maximum Gasteiger partial charge on any atom is 0.244 e. The molecule has 2 aromatic rings. The number of carbonyl (C=O) groups excluding carboxylic acids is 2. The summed E-state index contributed by atoms with van der Waals surface area (Å²) in [7, 11) is 0. The van der Waals surface area contributed by atoms with Crippen molar-refractivity contribution in [3.63, 3.8) is 0 Å². The van der Waals surface area contributed by atoms with E-state index in [2.05, 4.69) is 5.32 Å². The normalized spacial score (nSPS) is 11.7. The Morgan fingerprint density at radius 2 is 1.73 bits per heavy atom. The summed E-state index contributed by atoms with van der Waals surface area (Å²) in [6, 6.07) is 14.0. The summed E-state index contributed by atoms with van der Waals surface area (Å²) < 4.78 is 13.5. The van der Waals surface area contributed by atoms with E-state index in [1.807, 2.05) is 0 Å². The molecule has 0 aliphatic carbocycles. The Hall–Kier alpha value is -2.34. The molecule has 0 saturated carbocycles. The predicted octanol–water partition coefficient (Wildman–Crippen LogP) is 2.26. The van der Waals surface area contributed by atoms with E-state index >= 15 is 0 Å². The molecule has 0 bridgehead atoms. The number of nitrogens with one attached hydrogen (secondary N) is 1. The van der Waals surface area contributed by atoms with Gasteiger partial charge in [0.2, 0.25) is 11.8 Å². The van der Waals surface area contributed by atoms with Crippen LogP contribution in [0.25, 0.3) is 0 Å². The number of primary amides is 1. The molecule has 22 heavy (non-hydrogen) atoms. The van der Waals surface area contributed by atoms with Crippen LogP contribution >= 0.6 is 11.8 Å². The van der Waals surface area contributed by atoms with Crippen LogP contribution < -0.4 is 11.1 Å². The summed E-state index contributed by atoms with van der Waals surface area (Å²) in [5, 5.41) is 2.57. The first-order valence-corrected chi connectivity index (χ1v) is 7.57. The molecule has 4 nitrogen and oxygen atoms in total. The zero-order valence-electron chi connectivity index (χ0n) is 11.7. The lowest BCUT2D eigenvalue weighted by molar-refractivity contribution is -0.126. The molecule has 2 amide bonds. The molecule has 114 valence electrons. The fourth-order valence-electron chi connectivity index (χ4n) is 1.87. The summed E-state index contributed by atoms with van der Waals surface area (Å²) in [6.07, 6.45) is 0. The quantitative estimate of drug-likeness (QED) is 0.803. The van der Waals surface area contributed by atoms with Crippen LogP contribution in [0.15, 0.2) is 59.5 Å². The molecule has 0 aliphatic heterocycles. The molecule has 3 N–H and O–H groups in total. The van der Waals surface area contributed by atoms with Crippen LogP contribution in [0.1, 0.15) is 11.6 Å². The Labute approximate surface area is 131 Å². The van der Waals surface area contributed by atoms with E-state index in [1.165, 1.54) is 6.07 Å². The fourth-order valence-corrected chi connectivity index (χ4v) is 2.62. The first-order valence-electron chi connectivity index (χ1n) is 6.59. The number of hydrogen-bond acceptors (Lipinski definition) is 3. The largest absolute Gasteiger partial charge is 0.368 e. The van der Waals surface area contributed by atoms with Crippen molar-refractivity contribution in [2.75, 3.05) is 5.75 Å².